The zero-order valence-corrected chi connectivity index (χ0v) is 13.2. The first-order valence-electron chi connectivity index (χ1n) is 7.39. The van der Waals surface area contributed by atoms with E-state index in [2.05, 4.69) is 5.32 Å². The third kappa shape index (κ3) is 4.04. The Morgan fingerprint density at radius 3 is 2.61 bits per heavy atom. The molecule has 1 aromatic carbocycles. The number of hydrogen-bond donors (Lipinski definition) is 1. The molecule has 0 radical (unpaired) electrons. The fraction of sp³-hybridized carbons (Fsp3) is 0.467. The highest BCUT2D eigenvalue weighted by Crippen LogP contribution is 2.20. The molecule has 0 unspecified atom stereocenters. The zero-order valence-electron chi connectivity index (χ0n) is 13.2. The van der Waals surface area contributed by atoms with Gasteiger partial charge in [0.2, 0.25) is 5.91 Å². The Hall–Kier alpha value is -2.48. The monoisotopic (exact) mass is 320 g/mol. The van der Waals surface area contributed by atoms with Crippen LogP contribution in [0.25, 0.3) is 0 Å². The Labute approximate surface area is 134 Å². The van der Waals surface area contributed by atoms with Gasteiger partial charge in [-0.15, -0.1) is 0 Å². The molecular weight excluding hydrogens is 300 g/mol. The summed E-state index contributed by atoms with van der Waals surface area (Å²) in [6.07, 6.45) is 0. The van der Waals surface area contributed by atoms with Crippen molar-refractivity contribution in [1.29, 1.82) is 0 Å². The lowest BCUT2D eigenvalue weighted by atomic mass is 10.1. The Balaban J connectivity index is 2.05. The minimum absolute atomic E-state index is 0.0412. The van der Waals surface area contributed by atoms with Gasteiger partial charge in [-0.3, -0.25) is 19.7 Å². The van der Waals surface area contributed by atoms with E-state index in [1.54, 1.807) is 11.8 Å². The van der Waals surface area contributed by atoms with Gasteiger partial charge in [0.15, 0.2) is 0 Å². The molecule has 2 amide bonds. The summed E-state index contributed by atoms with van der Waals surface area (Å²) in [7, 11) is 1.52. The Morgan fingerprint density at radius 2 is 2.00 bits per heavy atom. The highest BCUT2D eigenvalue weighted by molar-refractivity contribution is 5.97. The maximum Gasteiger partial charge on any atom is 0.273 e. The van der Waals surface area contributed by atoms with Crippen LogP contribution in [0.15, 0.2) is 18.2 Å². The van der Waals surface area contributed by atoms with Crippen molar-refractivity contribution in [2.45, 2.75) is 6.92 Å². The molecule has 1 aliphatic heterocycles. The van der Waals surface area contributed by atoms with Crippen LogP contribution in [-0.4, -0.2) is 66.3 Å². The number of nitro groups is 1. The molecule has 0 bridgehead atoms. The van der Waals surface area contributed by atoms with Gasteiger partial charge in [-0.05, 0) is 13.0 Å². The van der Waals surface area contributed by atoms with Gasteiger partial charge in [0.05, 0.1) is 11.5 Å². The lowest BCUT2D eigenvalue weighted by Gasteiger charge is -2.29. The summed E-state index contributed by atoms with van der Waals surface area (Å²) in [5.41, 5.74) is 0.599. The first kappa shape index (κ1) is 16.9. The summed E-state index contributed by atoms with van der Waals surface area (Å²) >= 11 is 0. The summed E-state index contributed by atoms with van der Waals surface area (Å²) in [4.78, 5) is 38.0. The maximum atomic E-state index is 12.4. The lowest BCUT2D eigenvalue weighted by Crippen LogP contribution is -2.49. The van der Waals surface area contributed by atoms with Crippen molar-refractivity contribution in [3.8, 4) is 0 Å². The van der Waals surface area contributed by atoms with E-state index >= 15 is 0 Å². The van der Waals surface area contributed by atoms with Crippen LogP contribution >= 0.6 is 0 Å². The fourth-order valence-electron chi connectivity index (χ4n) is 2.45. The van der Waals surface area contributed by atoms with Crippen LogP contribution in [0.5, 0.6) is 0 Å². The number of piperazine rings is 1. The number of amides is 2. The molecule has 23 heavy (non-hydrogen) atoms. The minimum atomic E-state index is -0.516. The molecule has 0 aliphatic carbocycles. The van der Waals surface area contributed by atoms with Gasteiger partial charge in [-0.1, -0.05) is 6.07 Å². The molecule has 124 valence electrons. The number of rotatable bonds is 4. The lowest BCUT2D eigenvalue weighted by molar-refractivity contribution is -0.385. The molecule has 1 heterocycles. The van der Waals surface area contributed by atoms with Crippen molar-refractivity contribution < 1.29 is 14.5 Å². The van der Waals surface area contributed by atoms with E-state index in [4.69, 9.17) is 0 Å². The van der Waals surface area contributed by atoms with Crippen LogP contribution in [0, 0.1) is 17.0 Å². The number of nitrogens with zero attached hydrogens (tertiary/aromatic N) is 3. The summed E-state index contributed by atoms with van der Waals surface area (Å²) < 4.78 is 0. The number of likely N-dealkylation sites (N-methyl/N-ethyl adjacent to an activating group) is 1. The molecule has 0 spiro atoms. The molecule has 1 saturated heterocycles. The second-order valence-corrected chi connectivity index (χ2v) is 5.55. The number of nitrogens with one attached hydrogen (secondary N) is 1. The zero-order chi connectivity index (χ0) is 17.0. The van der Waals surface area contributed by atoms with Gasteiger partial charge in [0, 0.05) is 50.4 Å². The summed E-state index contributed by atoms with van der Waals surface area (Å²) in [5, 5.41) is 14.1. The van der Waals surface area contributed by atoms with Gasteiger partial charge >= 0.3 is 0 Å². The average Bonchev–Trinajstić information content (AvgIpc) is 2.55. The molecule has 1 fully saturated rings. The first-order valence-corrected chi connectivity index (χ1v) is 7.39. The van der Waals surface area contributed by atoms with E-state index in [0.717, 1.165) is 13.1 Å². The van der Waals surface area contributed by atoms with E-state index in [0.29, 0.717) is 18.7 Å². The van der Waals surface area contributed by atoms with Gasteiger partial charge in [0.25, 0.3) is 11.6 Å². The number of hydrogen-bond acceptors (Lipinski definition) is 5. The Morgan fingerprint density at radius 1 is 1.35 bits per heavy atom. The molecule has 1 aliphatic rings. The van der Waals surface area contributed by atoms with E-state index < -0.39 is 10.8 Å². The topological polar surface area (TPSA) is 95.8 Å². The second-order valence-electron chi connectivity index (χ2n) is 5.55. The number of benzene rings is 1. The molecule has 0 atom stereocenters. The summed E-state index contributed by atoms with van der Waals surface area (Å²) in [5.74, 6) is -0.527. The van der Waals surface area contributed by atoms with Crippen LogP contribution in [0.2, 0.25) is 0 Å². The highest BCUT2D eigenvalue weighted by atomic mass is 16.6. The molecule has 1 aromatic rings. The first-order chi connectivity index (χ1) is 10.9. The van der Waals surface area contributed by atoms with E-state index in [1.807, 2.05) is 0 Å². The molecule has 1 N–H and O–H groups in total. The van der Waals surface area contributed by atoms with Crippen LogP contribution in [0.3, 0.4) is 0 Å². The number of carbonyl (C=O) groups excluding carboxylic acids is 2. The van der Waals surface area contributed by atoms with Crippen molar-refractivity contribution in [2.75, 3.05) is 39.8 Å². The minimum Gasteiger partial charge on any atom is -0.339 e. The largest absolute Gasteiger partial charge is 0.339 e. The van der Waals surface area contributed by atoms with Crippen LogP contribution in [-0.2, 0) is 4.79 Å². The van der Waals surface area contributed by atoms with E-state index in [9.17, 15) is 19.7 Å². The van der Waals surface area contributed by atoms with Crippen molar-refractivity contribution in [1.82, 2.24) is 15.1 Å². The Bertz CT molecular complexity index is 626. The van der Waals surface area contributed by atoms with Crippen LogP contribution in [0.1, 0.15) is 15.9 Å². The molecular formula is C15H20N4O4. The molecule has 8 heteroatoms. The fourth-order valence-corrected chi connectivity index (χ4v) is 2.45. The normalized spacial score (nSPS) is 14.4. The van der Waals surface area contributed by atoms with Crippen LogP contribution < -0.4 is 5.32 Å². The number of carbonyl (C=O) groups is 2. The predicted molar refractivity (Wildman–Crippen MR) is 84.2 cm³/mol. The summed E-state index contributed by atoms with van der Waals surface area (Å²) in [6.45, 7) is 4.30. The molecule has 0 saturated carbocycles. The third-order valence-corrected chi connectivity index (χ3v) is 3.84. The molecule has 2 rings (SSSR count). The second kappa shape index (κ2) is 7.19. The van der Waals surface area contributed by atoms with Crippen molar-refractivity contribution in [3.63, 3.8) is 0 Å². The molecule has 8 nitrogen and oxygen atoms in total. The highest BCUT2D eigenvalue weighted by Gasteiger charge is 2.22. The van der Waals surface area contributed by atoms with Crippen molar-refractivity contribution in [3.05, 3.63) is 39.4 Å². The van der Waals surface area contributed by atoms with Crippen molar-refractivity contribution >= 4 is 17.5 Å². The predicted octanol–water partition coefficient (Wildman–Crippen LogP) is 0.407. The number of nitro benzene ring substituents is 1. The van der Waals surface area contributed by atoms with Crippen LogP contribution in [0.4, 0.5) is 5.69 Å². The standard InChI is InChI=1S/C15H20N4O4/c1-11-3-4-12(9-13(11)19(22)23)15(21)17(2)10-14(20)18-7-5-16-6-8-18/h3-4,9,16H,5-8,10H2,1-2H3. The smallest absolute Gasteiger partial charge is 0.273 e. The van der Waals surface area contributed by atoms with Gasteiger partial charge < -0.3 is 15.1 Å². The summed E-state index contributed by atoms with van der Waals surface area (Å²) in [6, 6.07) is 4.33. The average molecular weight is 320 g/mol. The number of aryl methyl sites for hydroxylation is 1. The molecule has 0 aromatic heterocycles. The van der Waals surface area contributed by atoms with Crippen molar-refractivity contribution in [2.24, 2.45) is 0 Å². The third-order valence-electron chi connectivity index (χ3n) is 3.84. The maximum absolute atomic E-state index is 12.4. The SMILES string of the molecule is Cc1ccc(C(=O)N(C)CC(=O)N2CCNCC2)cc1[N+](=O)[O-]. The quantitative estimate of drug-likeness (QED) is 0.640. The van der Waals surface area contributed by atoms with Gasteiger partial charge in [-0.25, -0.2) is 0 Å². The Kier molecular flexibility index (Phi) is 5.28. The van der Waals surface area contributed by atoms with E-state index in [-0.39, 0.29) is 23.7 Å². The van der Waals surface area contributed by atoms with Gasteiger partial charge in [-0.2, -0.15) is 0 Å². The van der Waals surface area contributed by atoms with E-state index in [1.165, 1.54) is 30.1 Å². The van der Waals surface area contributed by atoms with Gasteiger partial charge in [0.1, 0.15) is 0 Å².